The molecule has 1 amide bonds. The van der Waals surface area contributed by atoms with Gasteiger partial charge in [0.1, 0.15) is 11.6 Å². The second-order valence-electron chi connectivity index (χ2n) is 9.90. The van der Waals surface area contributed by atoms with E-state index in [-0.39, 0.29) is 5.91 Å². The molecule has 2 aromatic rings. The highest BCUT2D eigenvalue weighted by Gasteiger charge is 2.30. The summed E-state index contributed by atoms with van der Waals surface area (Å²) in [6.07, 6.45) is 8.75. The minimum absolute atomic E-state index is 0.280. The Morgan fingerprint density at radius 2 is 1.69 bits per heavy atom. The Bertz CT molecular complexity index is 947. The van der Waals surface area contributed by atoms with E-state index in [0.717, 1.165) is 94.3 Å². The molecule has 8 heteroatoms. The van der Waals surface area contributed by atoms with Crippen molar-refractivity contribution in [1.82, 2.24) is 24.7 Å². The number of benzene rings is 1. The first-order valence-electron chi connectivity index (χ1n) is 13.2. The maximum absolute atomic E-state index is 12.8. The lowest BCUT2D eigenvalue weighted by molar-refractivity contribution is -0.134. The summed E-state index contributed by atoms with van der Waals surface area (Å²) in [7, 11) is 0. The van der Waals surface area contributed by atoms with Gasteiger partial charge in [-0.3, -0.25) is 19.6 Å². The predicted octanol–water partition coefficient (Wildman–Crippen LogP) is 2.75. The van der Waals surface area contributed by atoms with Gasteiger partial charge in [0.2, 0.25) is 5.91 Å². The molecule has 35 heavy (non-hydrogen) atoms. The van der Waals surface area contributed by atoms with E-state index in [9.17, 15) is 4.79 Å². The van der Waals surface area contributed by atoms with Gasteiger partial charge in [0.25, 0.3) is 0 Å². The number of hydrogen-bond acceptors (Lipinski definition) is 7. The van der Waals surface area contributed by atoms with Gasteiger partial charge in [0.15, 0.2) is 0 Å². The van der Waals surface area contributed by atoms with Gasteiger partial charge in [-0.2, -0.15) is 0 Å². The van der Waals surface area contributed by atoms with E-state index in [4.69, 9.17) is 4.74 Å². The Hall–Kier alpha value is -2.71. The van der Waals surface area contributed by atoms with Crippen LogP contribution in [0.15, 0.2) is 36.7 Å². The van der Waals surface area contributed by atoms with Crippen molar-refractivity contribution in [2.45, 2.75) is 38.6 Å². The van der Waals surface area contributed by atoms with Gasteiger partial charge < -0.3 is 14.5 Å². The Kier molecular flexibility index (Phi) is 7.79. The fourth-order valence-corrected chi connectivity index (χ4v) is 5.09. The van der Waals surface area contributed by atoms with Crippen LogP contribution in [-0.4, -0.2) is 102 Å². The average molecular weight is 479 g/mol. The summed E-state index contributed by atoms with van der Waals surface area (Å²) in [5, 5.41) is 0. The molecule has 3 aliphatic rings. The zero-order valence-electron chi connectivity index (χ0n) is 20.9. The van der Waals surface area contributed by atoms with Crippen molar-refractivity contribution in [3.05, 3.63) is 36.7 Å². The van der Waals surface area contributed by atoms with Crippen LogP contribution in [0.4, 0.5) is 5.82 Å². The van der Waals surface area contributed by atoms with E-state index in [1.807, 2.05) is 36.7 Å². The summed E-state index contributed by atoms with van der Waals surface area (Å²) in [5.74, 6) is 2.06. The highest BCUT2D eigenvalue weighted by atomic mass is 16.5. The normalized spacial score (nSPS) is 20.0. The van der Waals surface area contributed by atoms with Gasteiger partial charge in [-0.15, -0.1) is 0 Å². The van der Waals surface area contributed by atoms with Crippen molar-refractivity contribution in [2.24, 2.45) is 0 Å². The molecule has 1 aromatic heterocycles. The van der Waals surface area contributed by atoms with E-state index in [1.165, 1.54) is 19.3 Å². The summed E-state index contributed by atoms with van der Waals surface area (Å²) in [4.78, 5) is 31.4. The van der Waals surface area contributed by atoms with Gasteiger partial charge >= 0.3 is 0 Å². The van der Waals surface area contributed by atoms with Crippen molar-refractivity contribution in [2.75, 3.05) is 70.4 Å². The zero-order chi connectivity index (χ0) is 24.0. The number of nitrogens with zero attached hydrogens (tertiary/aromatic N) is 6. The lowest BCUT2D eigenvalue weighted by Gasteiger charge is -2.43. The van der Waals surface area contributed by atoms with Gasteiger partial charge in [-0.1, -0.05) is 13.3 Å². The SMILES string of the molecule is CCCOc1ccc(-c2cnc(N3CCN(CC(=O)N4CCN(C5CCC5)CC4)CC3)cn2)cc1. The predicted molar refractivity (Wildman–Crippen MR) is 138 cm³/mol. The van der Waals surface area contributed by atoms with Crippen LogP contribution >= 0.6 is 0 Å². The van der Waals surface area contributed by atoms with Crippen LogP contribution in [0, 0.1) is 0 Å². The zero-order valence-corrected chi connectivity index (χ0v) is 20.9. The molecule has 0 unspecified atom stereocenters. The minimum Gasteiger partial charge on any atom is -0.494 e. The van der Waals surface area contributed by atoms with Crippen LogP contribution in [0.25, 0.3) is 11.3 Å². The Balaban J connectivity index is 1.07. The lowest BCUT2D eigenvalue weighted by atomic mass is 9.91. The van der Waals surface area contributed by atoms with E-state index in [0.29, 0.717) is 6.54 Å². The molecule has 0 spiro atoms. The largest absolute Gasteiger partial charge is 0.494 e. The number of rotatable bonds is 8. The van der Waals surface area contributed by atoms with E-state index in [2.05, 4.69) is 36.5 Å². The number of amides is 1. The molecule has 0 N–H and O–H groups in total. The lowest BCUT2D eigenvalue weighted by Crippen LogP contribution is -2.56. The summed E-state index contributed by atoms with van der Waals surface area (Å²) in [5.41, 5.74) is 1.89. The van der Waals surface area contributed by atoms with Gasteiger partial charge in [-0.25, -0.2) is 4.98 Å². The molecular formula is C27H38N6O2. The molecule has 0 atom stereocenters. The number of aromatic nitrogens is 2. The van der Waals surface area contributed by atoms with Crippen LogP contribution in [0.5, 0.6) is 5.75 Å². The maximum Gasteiger partial charge on any atom is 0.236 e. The molecule has 1 aromatic carbocycles. The van der Waals surface area contributed by atoms with Crippen LogP contribution in [0.3, 0.4) is 0 Å². The minimum atomic E-state index is 0.280. The summed E-state index contributed by atoms with van der Waals surface area (Å²) in [6.45, 7) is 10.7. The number of carbonyl (C=O) groups is 1. The fraction of sp³-hybridized carbons (Fsp3) is 0.593. The van der Waals surface area contributed by atoms with E-state index in [1.54, 1.807) is 0 Å². The molecule has 2 saturated heterocycles. The Labute approximate surface area is 208 Å². The molecule has 1 aliphatic carbocycles. The third kappa shape index (κ3) is 5.93. The fourth-order valence-electron chi connectivity index (χ4n) is 5.09. The van der Waals surface area contributed by atoms with Gasteiger partial charge in [0, 0.05) is 64.0 Å². The molecule has 5 rings (SSSR count). The summed E-state index contributed by atoms with van der Waals surface area (Å²) < 4.78 is 5.66. The third-order valence-corrected chi connectivity index (χ3v) is 7.57. The second kappa shape index (κ2) is 11.4. The molecule has 2 aliphatic heterocycles. The molecule has 8 nitrogen and oxygen atoms in total. The number of piperazine rings is 2. The van der Waals surface area contributed by atoms with E-state index < -0.39 is 0 Å². The molecule has 1 saturated carbocycles. The molecule has 0 bridgehead atoms. The Morgan fingerprint density at radius 1 is 0.943 bits per heavy atom. The van der Waals surface area contributed by atoms with Crippen molar-refractivity contribution in [1.29, 1.82) is 0 Å². The molecular weight excluding hydrogens is 440 g/mol. The third-order valence-electron chi connectivity index (χ3n) is 7.57. The summed E-state index contributed by atoms with van der Waals surface area (Å²) >= 11 is 0. The van der Waals surface area contributed by atoms with Crippen LogP contribution in [-0.2, 0) is 4.79 Å². The highest BCUT2D eigenvalue weighted by Crippen LogP contribution is 2.26. The summed E-state index contributed by atoms with van der Waals surface area (Å²) in [6, 6.07) is 8.79. The molecule has 3 heterocycles. The first-order valence-corrected chi connectivity index (χ1v) is 13.2. The van der Waals surface area contributed by atoms with E-state index >= 15 is 0 Å². The van der Waals surface area contributed by atoms with Crippen LogP contribution in [0.2, 0.25) is 0 Å². The number of carbonyl (C=O) groups excluding carboxylic acids is 1. The first-order chi connectivity index (χ1) is 17.2. The van der Waals surface area contributed by atoms with Crippen molar-refractivity contribution < 1.29 is 9.53 Å². The average Bonchev–Trinajstić information content (AvgIpc) is 2.88. The van der Waals surface area contributed by atoms with Crippen molar-refractivity contribution in [3.8, 4) is 17.0 Å². The Morgan fingerprint density at radius 3 is 2.29 bits per heavy atom. The molecule has 0 radical (unpaired) electrons. The highest BCUT2D eigenvalue weighted by molar-refractivity contribution is 5.78. The smallest absolute Gasteiger partial charge is 0.236 e. The number of ether oxygens (including phenoxy) is 1. The van der Waals surface area contributed by atoms with Crippen LogP contribution in [0.1, 0.15) is 32.6 Å². The van der Waals surface area contributed by atoms with Gasteiger partial charge in [-0.05, 0) is 43.5 Å². The van der Waals surface area contributed by atoms with Crippen molar-refractivity contribution >= 4 is 11.7 Å². The number of anilines is 1. The molecule has 3 fully saturated rings. The van der Waals surface area contributed by atoms with Crippen LogP contribution < -0.4 is 9.64 Å². The van der Waals surface area contributed by atoms with Gasteiger partial charge in [0.05, 0.1) is 31.2 Å². The first kappa shape index (κ1) is 24.0. The standard InChI is InChI=1S/C27H38N6O2/c1-2-18-35-24-8-6-22(7-9-24)25-19-29-26(20-28-25)32-12-10-30(11-13-32)21-27(34)33-16-14-31(15-17-33)23-4-3-5-23/h6-9,19-20,23H,2-5,10-18,21H2,1H3. The quantitative estimate of drug-likeness (QED) is 0.578. The molecule has 188 valence electrons. The van der Waals surface area contributed by atoms with Crippen molar-refractivity contribution in [3.63, 3.8) is 0 Å². The monoisotopic (exact) mass is 478 g/mol. The second-order valence-corrected chi connectivity index (χ2v) is 9.90. The maximum atomic E-state index is 12.8. The topological polar surface area (TPSA) is 65.0 Å². The number of hydrogen-bond donors (Lipinski definition) is 0.